The van der Waals surface area contributed by atoms with E-state index in [4.69, 9.17) is 5.11 Å². The van der Waals surface area contributed by atoms with Crippen molar-refractivity contribution in [2.24, 2.45) is 5.92 Å². The van der Waals surface area contributed by atoms with Crippen molar-refractivity contribution in [3.05, 3.63) is 34.9 Å². The molecule has 1 heterocycles. The van der Waals surface area contributed by atoms with Crippen LogP contribution in [0.2, 0.25) is 0 Å². The van der Waals surface area contributed by atoms with Crippen LogP contribution in [0.3, 0.4) is 0 Å². The van der Waals surface area contributed by atoms with Gasteiger partial charge in [-0.2, -0.15) is 0 Å². The molecule has 0 aliphatic carbocycles. The second-order valence-corrected chi connectivity index (χ2v) is 6.39. The lowest BCUT2D eigenvalue weighted by atomic mass is 9.93. The Morgan fingerprint density at radius 3 is 2.82 bits per heavy atom. The summed E-state index contributed by atoms with van der Waals surface area (Å²) in [5.41, 5.74) is 3.42. The number of carbonyl (C=O) groups excluding carboxylic acids is 1. The van der Waals surface area contributed by atoms with Crippen LogP contribution in [0.5, 0.6) is 0 Å². The fraction of sp³-hybridized carbons (Fsp3) is 0.556. The summed E-state index contributed by atoms with van der Waals surface area (Å²) in [7, 11) is 0. The topological polar surface area (TPSA) is 57.6 Å². The molecule has 4 nitrogen and oxygen atoms in total. The van der Waals surface area contributed by atoms with E-state index in [1.54, 1.807) is 0 Å². The lowest BCUT2D eigenvalue weighted by molar-refractivity contribution is -0.137. The van der Waals surface area contributed by atoms with Crippen LogP contribution in [0.4, 0.5) is 0 Å². The molecule has 4 heteroatoms. The van der Waals surface area contributed by atoms with E-state index in [2.05, 4.69) is 18.2 Å². The summed E-state index contributed by atoms with van der Waals surface area (Å²) in [5, 5.41) is 8.79. The molecule has 1 aliphatic rings. The lowest BCUT2D eigenvalue weighted by Gasteiger charge is -2.33. The average Bonchev–Trinajstić information content (AvgIpc) is 2.49. The predicted molar refractivity (Wildman–Crippen MR) is 85.8 cm³/mol. The zero-order chi connectivity index (χ0) is 16.1. The Balaban J connectivity index is 1.94. The first-order valence-corrected chi connectivity index (χ1v) is 8.01. The van der Waals surface area contributed by atoms with Gasteiger partial charge < -0.3 is 10.0 Å². The summed E-state index contributed by atoms with van der Waals surface area (Å²) in [6.07, 6.45) is 3.31. The maximum Gasteiger partial charge on any atom is 0.303 e. The van der Waals surface area contributed by atoms with Crippen LogP contribution < -0.4 is 0 Å². The van der Waals surface area contributed by atoms with Crippen molar-refractivity contribution >= 4 is 11.9 Å². The Labute approximate surface area is 132 Å². The molecule has 0 saturated carbocycles. The van der Waals surface area contributed by atoms with Gasteiger partial charge in [-0.3, -0.25) is 9.59 Å². The third-order valence-corrected chi connectivity index (χ3v) is 4.48. The van der Waals surface area contributed by atoms with Crippen molar-refractivity contribution in [3.8, 4) is 0 Å². The number of benzene rings is 1. The highest BCUT2D eigenvalue weighted by atomic mass is 16.4. The highest BCUT2D eigenvalue weighted by Crippen LogP contribution is 2.22. The fourth-order valence-electron chi connectivity index (χ4n) is 3.12. The van der Waals surface area contributed by atoms with Gasteiger partial charge in [0.05, 0.1) is 6.42 Å². The minimum Gasteiger partial charge on any atom is -0.481 e. The zero-order valence-corrected chi connectivity index (χ0v) is 13.5. The lowest BCUT2D eigenvalue weighted by Crippen LogP contribution is -2.40. The molecule has 1 atom stereocenters. The molecule has 1 aromatic carbocycles. The molecule has 0 aromatic heterocycles. The molecule has 120 valence electrons. The number of hydrogen-bond acceptors (Lipinski definition) is 2. The minimum atomic E-state index is -0.751. The van der Waals surface area contributed by atoms with Crippen LogP contribution in [0, 0.1) is 19.8 Å². The van der Waals surface area contributed by atoms with Crippen molar-refractivity contribution < 1.29 is 14.7 Å². The molecule has 0 radical (unpaired) electrons. The number of carboxylic acids is 1. The highest BCUT2D eigenvalue weighted by Gasteiger charge is 2.24. The quantitative estimate of drug-likeness (QED) is 0.910. The number of carboxylic acid groups (broad SMARTS) is 1. The number of carbonyl (C=O) groups is 2. The first-order valence-electron chi connectivity index (χ1n) is 8.01. The summed E-state index contributed by atoms with van der Waals surface area (Å²) in [6, 6.07) is 6.20. The van der Waals surface area contributed by atoms with Crippen LogP contribution in [0.15, 0.2) is 18.2 Å². The molecule has 1 aromatic rings. The number of piperidine rings is 1. The third-order valence-electron chi connectivity index (χ3n) is 4.48. The number of likely N-dealkylation sites (tertiary alicyclic amines) is 1. The Bertz CT molecular complexity index is 553. The standard InChI is InChI=1S/C18H25NO3/c1-13-5-6-14(2)16(10-13)11-17(20)19-9-3-4-15(12-19)7-8-18(21)22/h5-6,10,15H,3-4,7-9,11-12H2,1-2H3,(H,21,22)/t15-/m1/s1. The summed E-state index contributed by atoms with van der Waals surface area (Å²) in [6.45, 7) is 5.58. The van der Waals surface area contributed by atoms with Crippen LogP contribution in [-0.4, -0.2) is 35.0 Å². The summed E-state index contributed by atoms with van der Waals surface area (Å²) >= 11 is 0. The predicted octanol–water partition coefficient (Wildman–Crippen LogP) is 2.95. The second kappa shape index (κ2) is 7.43. The van der Waals surface area contributed by atoms with Crippen LogP contribution >= 0.6 is 0 Å². The third kappa shape index (κ3) is 4.58. The highest BCUT2D eigenvalue weighted by molar-refractivity contribution is 5.79. The Hall–Kier alpha value is -1.84. The van der Waals surface area contributed by atoms with Gasteiger partial charge in [0, 0.05) is 19.5 Å². The molecule has 1 N–H and O–H groups in total. The van der Waals surface area contributed by atoms with E-state index >= 15 is 0 Å². The van der Waals surface area contributed by atoms with Crippen LogP contribution in [0.25, 0.3) is 0 Å². The van der Waals surface area contributed by atoms with Gasteiger partial charge in [0.1, 0.15) is 0 Å². The summed E-state index contributed by atoms with van der Waals surface area (Å²) < 4.78 is 0. The smallest absolute Gasteiger partial charge is 0.303 e. The van der Waals surface area contributed by atoms with Crippen LogP contribution in [-0.2, 0) is 16.0 Å². The molecular weight excluding hydrogens is 278 g/mol. The molecule has 1 aliphatic heterocycles. The molecule has 0 spiro atoms. The van der Waals surface area contributed by atoms with Crippen molar-refractivity contribution in [1.82, 2.24) is 4.90 Å². The molecule has 0 bridgehead atoms. The number of nitrogens with zero attached hydrogens (tertiary/aromatic N) is 1. The average molecular weight is 303 g/mol. The van der Waals surface area contributed by atoms with Crippen LogP contribution in [0.1, 0.15) is 42.4 Å². The van der Waals surface area contributed by atoms with Gasteiger partial charge in [-0.25, -0.2) is 0 Å². The van der Waals surface area contributed by atoms with Crippen molar-refractivity contribution in [3.63, 3.8) is 0 Å². The van der Waals surface area contributed by atoms with Gasteiger partial charge in [0.2, 0.25) is 5.91 Å². The normalized spacial score (nSPS) is 18.3. The van der Waals surface area contributed by atoms with E-state index in [1.165, 1.54) is 5.56 Å². The minimum absolute atomic E-state index is 0.161. The number of rotatable bonds is 5. The number of aliphatic carboxylic acids is 1. The molecule has 1 fully saturated rings. The first kappa shape index (κ1) is 16.5. The number of hydrogen-bond donors (Lipinski definition) is 1. The first-order chi connectivity index (χ1) is 10.5. The van der Waals surface area contributed by atoms with Crippen molar-refractivity contribution in [1.29, 1.82) is 0 Å². The Kier molecular flexibility index (Phi) is 5.58. The molecule has 2 rings (SSSR count). The van der Waals surface area contributed by atoms with E-state index in [9.17, 15) is 9.59 Å². The summed E-state index contributed by atoms with van der Waals surface area (Å²) in [4.78, 5) is 25.1. The maximum absolute atomic E-state index is 12.5. The molecule has 1 saturated heterocycles. The van der Waals surface area contributed by atoms with Gasteiger partial charge in [-0.05, 0) is 50.2 Å². The van der Waals surface area contributed by atoms with Gasteiger partial charge in [-0.1, -0.05) is 23.8 Å². The zero-order valence-electron chi connectivity index (χ0n) is 13.5. The van der Waals surface area contributed by atoms with Crippen molar-refractivity contribution in [2.45, 2.75) is 46.0 Å². The van der Waals surface area contributed by atoms with E-state index in [0.717, 1.165) is 30.5 Å². The molecular formula is C18H25NO3. The van der Waals surface area contributed by atoms with Gasteiger partial charge in [0.25, 0.3) is 0 Å². The van der Waals surface area contributed by atoms with Crippen molar-refractivity contribution in [2.75, 3.05) is 13.1 Å². The largest absolute Gasteiger partial charge is 0.481 e. The maximum atomic E-state index is 12.5. The van der Waals surface area contributed by atoms with Gasteiger partial charge in [-0.15, -0.1) is 0 Å². The number of aryl methyl sites for hydroxylation is 2. The van der Waals surface area contributed by atoms with Gasteiger partial charge in [0.15, 0.2) is 0 Å². The monoisotopic (exact) mass is 303 g/mol. The molecule has 22 heavy (non-hydrogen) atoms. The Morgan fingerprint density at radius 1 is 1.32 bits per heavy atom. The Morgan fingerprint density at radius 2 is 2.09 bits per heavy atom. The van der Waals surface area contributed by atoms with E-state index in [0.29, 0.717) is 25.3 Å². The molecule has 1 amide bonds. The summed E-state index contributed by atoms with van der Waals surface area (Å²) in [5.74, 6) is -0.264. The fourth-order valence-corrected chi connectivity index (χ4v) is 3.12. The van der Waals surface area contributed by atoms with E-state index in [1.807, 2.05) is 18.7 Å². The van der Waals surface area contributed by atoms with E-state index in [-0.39, 0.29) is 12.3 Å². The van der Waals surface area contributed by atoms with Gasteiger partial charge >= 0.3 is 5.97 Å². The van der Waals surface area contributed by atoms with E-state index < -0.39 is 5.97 Å². The SMILES string of the molecule is Cc1ccc(C)c(CC(=O)N2CCC[C@H](CCC(=O)O)C2)c1. The number of amides is 1. The molecule has 0 unspecified atom stereocenters. The second-order valence-electron chi connectivity index (χ2n) is 6.39.